The van der Waals surface area contributed by atoms with Crippen LogP contribution in [0.2, 0.25) is 0 Å². The molecule has 2 aliphatic heterocycles. The molecule has 3 unspecified atom stereocenters. The third-order valence-corrected chi connectivity index (χ3v) is 3.84. The van der Waals surface area contributed by atoms with Gasteiger partial charge in [0.15, 0.2) is 0 Å². The Morgan fingerprint density at radius 2 is 2.17 bits per heavy atom. The van der Waals surface area contributed by atoms with Crippen molar-refractivity contribution in [3.05, 3.63) is 11.1 Å². The van der Waals surface area contributed by atoms with E-state index in [2.05, 4.69) is 26.1 Å². The summed E-state index contributed by atoms with van der Waals surface area (Å²) in [7, 11) is 0. The van der Waals surface area contributed by atoms with Crippen LogP contribution >= 0.6 is 0 Å². The van der Waals surface area contributed by atoms with Crippen LogP contribution in [0.25, 0.3) is 0 Å². The summed E-state index contributed by atoms with van der Waals surface area (Å²) in [6.45, 7) is 8.14. The van der Waals surface area contributed by atoms with Gasteiger partial charge in [-0.05, 0) is 45.1 Å². The number of fused-ring (bicyclic) bond motifs is 1. The summed E-state index contributed by atoms with van der Waals surface area (Å²) >= 11 is 0. The third kappa shape index (κ3) is 1.03. The number of hydrogen-bond acceptors (Lipinski definition) is 1. The summed E-state index contributed by atoms with van der Waals surface area (Å²) in [5.41, 5.74) is 3.28. The molecule has 0 radical (unpaired) electrons. The van der Waals surface area contributed by atoms with E-state index in [1.54, 1.807) is 11.1 Å². The molecule has 1 heteroatoms. The zero-order valence-electron chi connectivity index (χ0n) is 8.35. The molecule has 3 fully saturated rings. The maximum atomic E-state index is 3.57. The predicted molar refractivity (Wildman–Crippen MR) is 52.1 cm³/mol. The third-order valence-electron chi connectivity index (χ3n) is 3.84. The highest BCUT2D eigenvalue weighted by molar-refractivity contribution is 5.22. The van der Waals surface area contributed by atoms with Crippen molar-refractivity contribution in [1.29, 1.82) is 0 Å². The van der Waals surface area contributed by atoms with Gasteiger partial charge in [-0.25, -0.2) is 0 Å². The van der Waals surface area contributed by atoms with E-state index in [1.807, 2.05) is 0 Å². The Labute approximate surface area is 75.2 Å². The van der Waals surface area contributed by atoms with Gasteiger partial charge >= 0.3 is 0 Å². The molecule has 3 atom stereocenters. The van der Waals surface area contributed by atoms with Crippen molar-refractivity contribution in [1.82, 2.24) is 5.32 Å². The van der Waals surface area contributed by atoms with Crippen molar-refractivity contribution < 1.29 is 0 Å². The van der Waals surface area contributed by atoms with Crippen LogP contribution in [0, 0.1) is 11.8 Å². The molecule has 0 aromatic heterocycles. The average Bonchev–Trinajstić information content (AvgIpc) is 2.62. The minimum absolute atomic E-state index is 0.830. The zero-order chi connectivity index (χ0) is 8.72. The first-order chi connectivity index (χ1) is 5.74. The molecule has 2 heterocycles. The van der Waals surface area contributed by atoms with E-state index < -0.39 is 0 Å². The van der Waals surface area contributed by atoms with Gasteiger partial charge in [-0.15, -0.1) is 0 Å². The maximum Gasteiger partial charge on any atom is 0.0139 e. The van der Waals surface area contributed by atoms with E-state index in [4.69, 9.17) is 0 Å². The second kappa shape index (κ2) is 2.88. The van der Waals surface area contributed by atoms with Crippen LogP contribution in [0.3, 0.4) is 0 Å². The van der Waals surface area contributed by atoms with E-state index >= 15 is 0 Å². The summed E-state index contributed by atoms with van der Waals surface area (Å²) in [4.78, 5) is 0. The highest BCUT2D eigenvalue weighted by Crippen LogP contribution is 2.45. The fraction of sp³-hybridized carbons (Fsp3) is 0.818. The van der Waals surface area contributed by atoms with E-state index in [-0.39, 0.29) is 0 Å². The summed E-state index contributed by atoms with van der Waals surface area (Å²) in [6, 6.07) is 0.830. The molecule has 1 nitrogen and oxygen atoms in total. The second-order valence-electron chi connectivity index (χ2n) is 4.35. The number of nitrogens with one attached hydrogen (secondary N) is 1. The fourth-order valence-electron chi connectivity index (χ4n) is 2.69. The van der Waals surface area contributed by atoms with Crippen LogP contribution in [0.5, 0.6) is 0 Å². The minimum Gasteiger partial charge on any atom is -0.313 e. The molecule has 2 saturated heterocycles. The SMILES string of the molecule is CC/C(C)=C(\C)C1C2CNC1C2. The number of hydrogen-bond donors (Lipinski definition) is 1. The Hall–Kier alpha value is -0.300. The van der Waals surface area contributed by atoms with E-state index in [9.17, 15) is 0 Å². The predicted octanol–water partition coefficient (Wildman–Crippen LogP) is 2.34. The van der Waals surface area contributed by atoms with Gasteiger partial charge in [0, 0.05) is 6.04 Å². The van der Waals surface area contributed by atoms with Crippen LogP contribution in [0.1, 0.15) is 33.6 Å². The second-order valence-corrected chi connectivity index (χ2v) is 4.35. The van der Waals surface area contributed by atoms with E-state index in [0.717, 1.165) is 17.9 Å². The lowest BCUT2D eigenvalue weighted by Gasteiger charge is -2.36. The molecule has 0 aromatic rings. The van der Waals surface area contributed by atoms with Gasteiger partial charge in [0.25, 0.3) is 0 Å². The Balaban J connectivity index is 2.11. The van der Waals surface area contributed by atoms with Crippen LogP contribution in [0.15, 0.2) is 11.1 Å². The Bertz CT molecular complexity index is 203. The van der Waals surface area contributed by atoms with Crippen LogP contribution < -0.4 is 5.32 Å². The van der Waals surface area contributed by atoms with Gasteiger partial charge in [0.05, 0.1) is 0 Å². The van der Waals surface area contributed by atoms with Gasteiger partial charge in [0.1, 0.15) is 0 Å². The molecule has 1 saturated carbocycles. The molecule has 1 aliphatic carbocycles. The summed E-state index contributed by atoms with van der Waals surface area (Å²) in [6.07, 6.45) is 2.65. The van der Waals surface area contributed by atoms with Crippen LogP contribution in [-0.4, -0.2) is 12.6 Å². The molecule has 2 bridgehead atoms. The van der Waals surface area contributed by atoms with Crippen LogP contribution in [-0.2, 0) is 0 Å². The van der Waals surface area contributed by atoms with E-state index in [1.165, 1.54) is 19.4 Å². The topological polar surface area (TPSA) is 12.0 Å². The Kier molecular flexibility index (Phi) is 1.99. The van der Waals surface area contributed by atoms with E-state index in [0.29, 0.717) is 0 Å². The molecule has 3 aliphatic rings. The normalized spacial score (nSPS) is 40.8. The summed E-state index contributed by atoms with van der Waals surface area (Å²) in [5.74, 6) is 1.86. The van der Waals surface area contributed by atoms with Gasteiger partial charge in [-0.2, -0.15) is 0 Å². The summed E-state index contributed by atoms with van der Waals surface area (Å²) in [5, 5.41) is 3.57. The molecular weight excluding hydrogens is 146 g/mol. The Morgan fingerprint density at radius 1 is 1.42 bits per heavy atom. The van der Waals surface area contributed by atoms with Crippen molar-refractivity contribution in [2.24, 2.45) is 11.8 Å². The number of rotatable bonds is 2. The monoisotopic (exact) mass is 165 g/mol. The molecule has 0 aromatic carbocycles. The average molecular weight is 165 g/mol. The molecule has 68 valence electrons. The highest BCUT2D eigenvalue weighted by atomic mass is 15.0. The molecule has 0 spiro atoms. The molecule has 1 N–H and O–H groups in total. The number of allylic oxidation sites excluding steroid dienone is 1. The van der Waals surface area contributed by atoms with Crippen molar-refractivity contribution in [2.45, 2.75) is 39.7 Å². The van der Waals surface area contributed by atoms with Gasteiger partial charge in [0.2, 0.25) is 0 Å². The first kappa shape index (κ1) is 8.31. The van der Waals surface area contributed by atoms with Gasteiger partial charge in [-0.1, -0.05) is 18.1 Å². The fourth-order valence-corrected chi connectivity index (χ4v) is 2.69. The lowest BCUT2D eigenvalue weighted by Crippen LogP contribution is -2.37. The lowest BCUT2D eigenvalue weighted by atomic mass is 9.69. The largest absolute Gasteiger partial charge is 0.313 e. The maximum absolute atomic E-state index is 3.57. The van der Waals surface area contributed by atoms with Gasteiger partial charge in [-0.3, -0.25) is 0 Å². The standard InChI is InChI=1S/C11H19N/c1-4-7(2)8(3)11-9-5-10(11)12-6-9/h9-12H,4-6H2,1-3H3/b8-7+. The molecule has 3 rings (SSSR count). The van der Waals surface area contributed by atoms with Crippen molar-refractivity contribution in [2.75, 3.05) is 6.54 Å². The summed E-state index contributed by atoms with van der Waals surface area (Å²) < 4.78 is 0. The first-order valence-electron chi connectivity index (χ1n) is 5.13. The molecular formula is C11H19N. The van der Waals surface area contributed by atoms with Gasteiger partial charge < -0.3 is 5.32 Å². The smallest absolute Gasteiger partial charge is 0.0139 e. The zero-order valence-corrected chi connectivity index (χ0v) is 8.35. The van der Waals surface area contributed by atoms with Crippen molar-refractivity contribution in [3.63, 3.8) is 0 Å². The van der Waals surface area contributed by atoms with Crippen molar-refractivity contribution in [3.8, 4) is 0 Å². The first-order valence-corrected chi connectivity index (χ1v) is 5.13. The molecule has 12 heavy (non-hydrogen) atoms. The lowest BCUT2D eigenvalue weighted by molar-refractivity contribution is 0.256. The molecule has 0 amide bonds. The Morgan fingerprint density at radius 3 is 2.58 bits per heavy atom. The highest BCUT2D eigenvalue weighted by Gasteiger charge is 2.47. The van der Waals surface area contributed by atoms with Crippen molar-refractivity contribution >= 4 is 0 Å². The quantitative estimate of drug-likeness (QED) is 0.619. The minimum atomic E-state index is 0.830. The van der Waals surface area contributed by atoms with Crippen LogP contribution in [0.4, 0.5) is 0 Å².